The van der Waals surface area contributed by atoms with Crippen LogP contribution in [-0.2, 0) is 6.42 Å². The van der Waals surface area contributed by atoms with E-state index in [2.05, 4.69) is 37.3 Å². The lowest BCUT2D eigenvalue weighted by molar-refractivity contribution is 0.0997. The summed E-state index contributed by atoms with van der Waals surface area (Å²) in [6.45, 7) is 4.15. The van der Waals surface area contributed by atoms with Gasteiger partial charge in [0, 0.05) is 5.41 Å². The van der Waals surface area contributed by atoms with Gasteiger partial charge < -0.3 is 5.11 Å². The minimum Gasteiger partial charge on any atom is -0.392 e. The molecule has 2 unspecified atom stereocenters. The summed E-state index contributed by atoms with van der Waals surface area (Å²) in [5.74, 6) is 0. The predicted octanol–water partition coefficient (Wildman–Crippen LogP) is 2.95. The molecule has 0 aliphatic heterocycles. The SMILES string of the molecule is CCC(O)C1(Cc2ccccc2)C=C1C. The van der Waals surface area contributed by atoms with Gasteiger partial charge in [-0.2, -0.15) is 0 Å². The minimum absolute atomic E-state index is 0.0316. The largest absolute Gasteiger partial charge is 0.392 e. The molecule has 1 N–H and O–H groups in total. The van der Waals surface area contributed by atoms with Crippen LogP contribution in [0.4, 0.5) is 0 Å². The fraction of sp³-hybridized carbons (Fsp3) is 0.429. The van der Waals surface area contributed by atoms with Crippen LogP contribution >= 0.6 is 0 Å². The molecule has 80 valence electrons. The first-order chi connectivity index (χ1) is 7.19. The second-order valence-corrected chi connectivity index (χ2v) is 4.45. The molecule has 0 spiro atoms. The monoisotopic (exact) mass is 202 g/mol. The van der Waals surface area contributed by atoms with Gasteiger partial charge >= 0.3 is 0 Å². The standard InChI is InChI=1S/C14H18O/c1-3-13(15)14(9-11(14)2)10-12-7-5-4-6-8-12/h4-9,13,15H,3,10H2,1-2H3. The van der Waals surface area contributed by atoms with Crippen LogP contribution in [-0.4, -0.2) is 11.2 Å². The zero-order valence-corrected chi connectivity index (χ0v) is 9.40. The quantitative estimate of drug-likeness (QED) is 0.744. The first kappa shape index (κ1) is 10.4. The van der Waals surface area contributed by atoms with E-state index in [0.29, 0.717) is 0 Å². The Balaban J connectivity index is 2.11. The van der Waals surface area contributed by atoms with Crippen molar-refractivity contribution in [3.8, 4) is 0 Å². The van der Waals surface area contributed by atoms with Crippen molar-refractivity contribution >= 4 is 0 Å². The van der Waals surface area contributed by atoms with Crippen molar-refractivity contribution < 1.29 is 5.11 Å². The number of benzene rings is 1. The number of aliphatic hydroxyl groups excluding tert-OH is 1. The fourth-order valence-electron chi connectivity index (χ4n) is 2.32. The van der Waals surface area contributed by atoms with E-state index in [4.69, 9.17) is 0 Å². The number of rotatable bonds is 4. The van der Waals surface area contributed by atoms with Crippen molar-refractivity contribution in [3.63, 3.8) is 0 Å². The maximum absolute atomic E-state index is 10.0. The van der Waals surface area contributed by atoms with Crippen LogP contribution in [0.1, 0.15) is 25.8 Å². The predicted molar refractivity (Wildman–Crippen MR) is 62.6 cm³/mol. The lowest BCUT2D eigenvalue weighted by Gasteiger charge is -2.23. The molecule has 0 heterocycles. The van der Waals surface area contributed by atoms with Crippen LogP contribution in [0.3, 0.4) is 0 Å². The smallest absolute Gasteiger partial charge is 0.0668 e. The van der Waals surface area contributed by atoms with E-state index >= 15 is 0 Å². The summed E-state index contributed by atoms with van der Waals surface area (Å²) >= 11 is 0. The van der Waals surface area contributed by atoms with Crippen molar-refractivity contribution in [2.45, 2.75) is 32.8 Å². The molecule has 0 saturated heterocycles. The molecule has 1 aliphatic rings. The molecule has 0 radical (unpaired) electrons. The molecule has 1 aromatic carbocycles. The molecule has 15 heavy (non-hydrogen) atoms. The number of hydrogen-bond donors (Lipinski definition) is 1. The number of aliphatic hydroxyl groups is 1. The Kier molecular flexibility index (Phi) is 2.66. The summed E-state index contributed by atoms with van der Waals surface area (Å²) in [6.07, 6.45) is 3.74. The Labute approximate surface area is 91.4 Å². The van der Waals surface area contributed by atoms with Gasteiger partial charge in [-0.15, -0.1) is 0 Å². The lowest BCUT2D eigenvalue weighted by Crippen LogP contribution is -2.26. The summed E-state index contributed by atoms with van der Waals surface area (Å²) < 4.78 is 0. The van der Waals surface area contributed by atoms with Gasteiger partial charge in [-0.1, -0.05) is 48.9 Å². The second kappa shape index (κ2) is 3.82. The van der Waals surface area contributed by atoms with E-state index < -0.39 is 0 Å². The average Bonchev–Trinajstić information content (AvgIpc) is 2.90. The van der Waals surface area contributed by atoms with Crippen LogP contribution in [0.25, 0.3) is 0 Å². The van der Waals surface area contributed by atoms with E-state index in [0.717, 1.165) is 12.8 Å². The van der Waals surface area contributed by atoms with Gasteiger partial charge in [0.25, 0.3) is 0 Å². The van der Waals surface area contributed by atoms with Gasteiger partial charge in [-0.05, 0) is 25.3 Å². The number of hydrogen-bond acceptors (Lipinski definition) is 1. The molecule has 0 amide bonds. The third-order valence-corrected chi connectivity index (χ3v) is 3.45. The molecule has 1 nitrogen and oxygen atoms in total. The van der Waals surface area contributed by atoms with Crippen molar-refractivity contribution in [1.29, 1.82) is 0 Å². The van der Waals surface area contributed by atoms with Crippen molar-refractivity contribution in [2.75, 3.05) is 0 Å². The summed E-state index contributed by atoms with van der Waals surface area (Å²) in [5.41, 5.74) is 2.61. The van der Waals surface area contributed by atoms with Gasteiger partial charge in [0.15, 0.2) is 0 Å². The fourth-order valence-corrected chi connectivity index (χ4v) is 2.32. The van der Waals surface area contributed by atoms with E-state index in [-0.39, 0.29) is 11.5 Å². The third kappa shape index (κ3) is 1.84. The highest BCUT2D eigenvalue weighted by Gasteiger charge is 2.46. The van der Waals surface area contributed by atoms with Gasteiger partial charge in [0.05, 0.1) is 6.10 Å². The maximum Gasteiger partial charge on any atom is 0.0668 e. The maximum atomic E-state index is 10.0. The molecule has 2 rings (SSSR count). The molecule has 0 fully saturated rings. The van der Waals surface area contributed by atoms with E-state index in [1.807, 2.05) is 13.0 Å². The van der Waals surface area contributed by atoms with Crippen LogP contribution < -0.4 is 0 Å². The topological polar surface area (TPSA) is 20.2 Å². The average molecular weight is 202 g/mol. The molecule has 0 aromatic heterocycles. The van der Waals surface area contributed by atoms with Crippen molar-refractivity contribution in [1.82, 2.24) is 0 Å². The Morgan fingerprint density at radius 1 is 1.27 bits per heavy atom. The highest BCUT2D eigenvalue weighted by molar-refractivity contribution is 5.42. The molecule has 0 saturated carbocycles. The minimum atomic E-state index is -0.224. The van der Waals surface area contributed by atoms with Crippen LogP contribution in [0.5, 0.6) is 0 Å². The Morgan fingerprint density at radius 3 is 2.33 bits per heavy atom. The summed E-state index contributed by atoms with van der Waals surface area (Å²) in [7, 11) is 0. The normalized spacial score (nSPS) is 25.9. The molecule has 0 bridgehead atoms. The van der Waals surface area contributed by atoms with Gasteiger partial charge in [-0.25, -0.2) is 0 Å². The summed E-state index contributed by atoms with van der Waals surface area (Å²) in [6, 6.07) is 10.4. The molecular weight excluding hydrogens is 184 g/mol. The Hall–Kier alpha value is -1.08. The van der Waals surface area contributed by atoms with E-state index in [1.165, 1.54) is 11.1 Å². The molecular formula is C14H18O. The molecule has 1 aromatic rings. The van der Waals surface area contributed by atoms with Crippen LogP contribution in [0.2, 0.25) is 0 Å². The molecule has 1 heteroatoms. The zero-order valence-electron chi connectivity index (χ0n) is 9.40. The van der Waals surface area contributed by atoms with Crippen LogP contribution in [0, 0.1) is 5.41 Å². The Bertz CT molecular complexity index is 366. The van der Waals surface area contributed by atoms with E-state index in [9.17, 15) is 5.11 Å². The zero-order chi connectivity index (χ0) is 10.9. The molecule has 1 aliphatic carbocycles. The third-order valence-electron chi connectivity index (χ3n) is 3.45. The van der Waals surface area contributed by atoms with Crippen molar-refractivity contribution in [3.05, 3.63) is 47.5 Å². The summed E-state index contributed by atoms with van der Waals surface area (Å²) in [4.78, 5) is 0. The van der Waals surface area contributed by atoms with Gasteiger partial charge in [-0.3, -0.25) is 0 Å². The molecule has 2 atom stereocenters. The highest BCUT2D eigenvalue weighted by Crippen LogP contribution is 2.50. The summed E-state index contributed by atoms with van der Waals surface area (Å²) in [5, 5.41) is 10.0. The van der Waals surface area contributed by atoms with Gasteiger partial charge in [0.1, 0.15) is 0 Å². The van der Waals surface area contributed by atoms with Crippen LogP contribution in [0.15, 0.2) is 42.0 Å². The van der Waals surface area contributed by atoms with E-state index in [1.54, 1.807) is 0 Å². The highest BCUT2D eigenvalue weighted by atomic mass is 16.3. The van der Waals surface area contributed by atoms with Gasteiger partial charge in [0.2, 0.25) is 0 Å². The Morgan fingerprint density at radius 2 is 1.87 bits per heavy atom. The lowest BCUT2D eigenvalue weighted by atomic mass is 9.85. The second-order valence-electron chi connectivity index (χ2n) is 4.45. The first-order valence-electron chi connectivity index (χ1n) is 5.61. The first-order valence-corrected chi connectivity index (χ1v) is 5.61. The van der Waals surface area contributed by atoms with Crippen molar-refractivity contribution in [2.24, 2.45) is 5.41 Å².